The number of hydrogen-bond donors (Lipinski definition) is 1. The molecule has 2 heterocycles. The molecule has 0 fully saturated rings. The van der Waals surface area contributed by atoms with Crippen LogP contribution in [0.4, 0.5) is 0 Å². The third-order valence-corrected chi connectivity index (χ3v) is 2.23. The summed E-state index contributed by atoms with van der Waals surface area (Å²) in [6, 6.07) is 1.81. The minimum absolute atomic E-state index is 0.194. The Labute approximate surface area is 85.0 Å². The minimum Gasteiger partial charge on any atom is -0.308 e. The van der Waals surface area contributed by atoms with E-state index in [0.29, 0.717) is 16.9 Å². The third-order valence-electron chi connectivity index (χ3n) is 1.97. The fourth-order valence-electron chi connectivity index (χ4n) is 1.27. The summed E-state index contributed by atoms with van der Waals surface area (Å²) in [4.78, 5) is 22.2. The molecule has 0 spiro atoms. The second-order valence-corrected chi connectivity index (χ2v) is 3.24. The van der Waals surface area contributed by atoms with Gasteiger partial charge in [-0.15, -0.1) is 11.6 Å². The Morgan fingerprint density at radius 1 is 1.50 bits per heavy atom. The molecule has 2 rings (SSSR count). The van der Waals surface area contributed by atoms with E-state index in [1.54, 1.807) is 6.20 Å². The fourth-order valence-corrected chi connectivity index (χ4v) is 1.40. The van der Waals surface area contributed by atoms with E-state index >= 15 is 0 Å². The number of aryl methyl sites for hydroxylation is 1. The van der Waals surface area contributed by atoms with Crippen LogP contribution >= 0.6 is 11.6 Å². The smallest absolute Gasteiger partial charge is 0.277 e. The number of halogens is 1. The normalized spacial score (nSPS) is 10.7. The van der Waals surface area contributed by atoms with Crippen LogP contribution < -0.4 is 5.56 Å². The number of fused-ring (bicyclic) bond motifs is 1. The Morgan fingerprint density at radius 3 is 3.00 bits per heavy atom. The van der Waals surface area contributed by atoms with E-state index in [0.717, 1.165) is 5.56 Å². The number of hydrogen-bond acceptors (Lipinski definition) is 3. The SMILES string of the molecule is Cc1ccnc2c(=O)[nH]c(CCl)nc12. The van der Waals surface area contributed by atoms with Gasteiger partial charge in [0.2, 0.25) is 0 Å². The first-order valence-electron chi connectivity index (χ1n) is 4.13. The Morgan fingerprint density at radius 2 is 2.29 bits per heavy atom. The molecule has 2 aromatic heterocycles. The van der Waals surface area contributed by atoms with Crippen LogP contribution in [0.5, 0.6) is 0 Å². The largest absolute Gasteiger partial charge is 0.308 e. The van der Waals surface area contributed by atoms with Crippen molar-refractivity contribution in [3.8, 4) is 0 Å². The molecule has 0 aliphatic heterocycles. The summed E-state index contributed by atoms with van der Waals surface area (Å²) in [7, 11) is 0. The zero-order chi connectivity index (χ0) is 10.1. The van der Waals surface area contributed by atoms with Crippen LogP contribution in [0.25, 0.3) is 11.0 Å². The molecule has 0 saturated carbocycles. The van der Waals surface area contributed by atoms with Gasteiger partial charge in [-0.2, -0.15) is 0 Å². The van der Waals surface area contributed by atoms with Gasteiger partial charge in [0.05, 0.1) is 11.4 Å². The Kier molecular flexibility index (Phi) is 2.21. The van der Waals surface area contributed by atoms with Crippen LogP contribution in [0.15, 0.2) is 17.1 Å². The number of pyridine rings is 1. The molecular weight excluding hydrogens is 202 g/mol. The molecule has 0 unspecified atom stereocenters. The first-order chi connectivity index (χ1) is 6.72. The number of nitrogens with zero attached hydrogens (tertiary/aromatic N) is 2. The lowest BCUT2D eigenvalue weighted by Crippen LogP contribution is -2.12. The van der Waals surface area contributed by atoms with Crippen molar-refractivity contribution in [2.75, 3.05) is 0 Å². The van der Waals surface area contributed by atoms with Crippen LogP contribution in [0.1, 0.15) is 11.4 Å². The van der Waals surface area contributed by atoms with Crippen LogP contribution in [0.3, 0.4) is 0 Å². The topological polar surface area (TPSA) is 58.6 Å². The van der Waals surface area contributed by atoms with Crippen molar-refractivity contribution in [2.45, 2.75) is 12.8 Å². The summed E-state index contributed by atoms with van der Waals surface area (Å²) in [5.74, 6) is 0.666. The van der Waals surface area contributed by atoms with Crippen molar-refractivity contribution in [3.05, 3.63) is 34.0 Å². The lowest BCUT2D eigenvalue weighted by Gasteiger charge is -2.00. The van der Waals surface area contributed by atoms with E-state index < -0.39 is 0 Å². The van der Waals surface area contributed by atoms with Crippen molar-refractivity contribution in [1.29, 1.82) is 0 Å². The molecule has 0 aliphatic rings. The second-order valence-electron chi connectivity index (χ2n) is 2.97. The summed E-state index contributed by atoms with van der Waals surface area (Å²) in [5.41, 5.74) is 1.66. The van der Waals surface area contributed by atoms with Gasteiger partial charge >= 0.3 is 0 Å². The van der Waals surface area contributed by atoms with Crippen LogP contribution in [-0.4, -0.2) is 15.0 Å². The van der Waals surface area contributed by atoms with E-state index in [-0.39, 0.29) is 11.4 Å². The highest BCUT2D eigenvalue weighted by Gasteiger charge is 2.05. The molecule has 0 amide bonds. The number of nitrogens with one attached hydrogen (secondary N) is 1. The van der Waals surface area contributed by atoms with Gasteiger partial charge in [0.25, 0.3) is 5.56 Å². The second kappa shape index (κ2) is 3.38. The molecule has 14 heavy (non-hydrogen) atoms. The van der Waals surface area contributed by atoms with E-state index in [1.807, 2.05) is 13.0 Å². The highest BCUT2D eigenvalue weighted by molar-refractivity contribution is 6.16. The number of alkyl halides is 1. The summed E-state index contributed by atoms with van der Waals surface area (Å²) in [5, 5.41) is 0. The van der Waals surface area contributed by atoms with Crippen LogP contribution in [-0.2, 0) is 5.88 Å². The van der Waals surface area contributed by atoms with E-state index in [4.69, 9.17) is 11.6 Å². The maximum absolute atomic E-state index is 11.5. The monoisotopic (exact) mass is 209 g/mol. The first-order valence-corrected chi connectivity index (χ1v) is 4.66. The Balaban J connectivity index is 2.91. The van der Waals surface area contributed by atoms with Crippen molar-refractivity contribution in [2.24, 2.45) is 0 Å². The lowest BCUT2D eigenvalue weighted by atomic mass is 10.2. The Hall–Kier alpha value is -1.42. The van der Waals surface area contributed by atoms with Gasteiger partial charge in [0.1, 0.15) is 5.82 Å². The molecule has 0 atom stereocenters. The van der Waals surface area contributed by atoms with Crippen LogP contribution in [0, 0.1) is 6.92 Å². The molecule has 0 saturated heterocycles. The molecular formula is C9H8ClN3O. The molecule has 0 aromatic carbocycles. The molecule has 2 aromatic rings. The quantitative estimate of drug-likeness (QED) is 0.722. The molecule has 5 heteroatoms. The third kappa shape index (κ3) is 1.37. The zero-order valence-corrected chi connectivity index (χ0v) is 8.30. The van der Waals surface area contributed by atoms with Gasteiger partial charge in [-0.25, -0.2) is 9.97 Å². The minimum atomic E-state index is -0.241. The Bertz CT molecular complexity index is 535. The van der Waals surface area contributed by atoms with Gasteiger partial charge in [-0.1, -0.05) is 0 Å². The highest BCUT2D eigenvalue weighted by Crippen LogP contribution is 2.09. The molecule has 4 nitrogen and oxygen atoms in total. The standard InChI is InChI=1S/C9H8ClN3O/c1-5-2-3-11-8-7(5)12-6(4-10)13-9(8)14/h2-3H,4H2,1H3,(H,12,13,14). The number of aromatic nitrogens is 3. The van der Waals surface area contributed by atoms with Gasteiger partial charge in [0.15, 0.2) is 5.52 Å². The maximum Gasteiger partial charge on any atom is 0.277 e. The van der Waals surface area contributed by atoms with Crippen molar-refractivity contribution < 1.29 is 0 Å². The molecule has 1 N–H and O–H groups in total. The van der Waals surface area contributed by atoms with Crippen LogP contribution in [0.2, 0.25) is 0 Å². The zero-order valence-electron chi connectivity index (χ0n) is 7.54. The van der Waals surface area contributed by atoms with Crippen molar-refractivity contribution in [3.63, 3.8) is 0 Å². The van der Waals surface area contributed by atoms with Gasteiger partial charge in [-0.05, 0) is 18.6 Å². The summed E-state index contributed by atoms with van der Waals surface area (Å²) < 4.78 is 0. The predicted molar refractivity (Wildman–Crippen MR) is 54.5 cm³/mol. The van der Waals surface area contributed by atoms with Crippen molar-refractivity contribution >= 4 is 22.6 Å². The average Bonchev–Trinajstić information content (AvgIpc) is 2.19. The maximum atomic E-state index is 11.5. The van der Waals surface area contributed by atoms with Gasteiger partial charge < -0.3 is 4.98 Å². The highest BCUT2D eigenvalue weighted by atomic mass is 35.5. The summed E-state index contributed by atoms with van der Waals surface area (Å²) in [6.45, 7) is 1.88. The summed E-state index contributed by atoms with van der Waals surface area (Å²) in [6.07, 6.45) is 1.59. The molecule has 0 aliphatic carbocycles. The first kappa shape index (κ1) is 9.15. The average molecular weight is 210 g/mol. The predicted octanol–water partition coefficient (Wildman–Crippen LogP) is 1.37. The number of H-pyrrole nitrogens is 1. The van der Waals surface area contributed by atoms with E-state index in [9.17, 15) is 4.79 Å². The number of aromatic amines is 1. The summed E-state index contributed by atoms with van der Waals surface area (Å²) >= 11 is 5.60. The fraction of sp³-hybridized carbons (Fsp3) is 0.222. The van der Waals surface area contributed by atoms with Crippen molar-refractivity contribution in [1.82, 2.24) is 15.0 Å². The van der Waals surface area contributed by atoms with Gasteiger partial charge in [-0.3, -0.25) is 4.79 Å². The van der Waals surface area contributed by atoms with E-state index in [2.05, 4.69) is 15.0 Å². The number of rotatable bonds is 1. The molecule has 72 valence electrons. The molecule has 0 bridgehead atoms. The molecule has 0 radical (unpaired) electrons. The van der Waals surface area contributed by atoms with Gasteiger partial charge in [0, 0.05) is 6.20 Å². The van der Waals surface area contributed by atoms with E-state index in [1.165, 1.54) is 0 Å². The lowest BCUT2D eigenvalue weighted by molar-refractivity contribution is 1.02.